The van der Waals surface area contributed by atoms with Crippen LogP contribution in [-0.4, -0.2) is 96.9 Å². The molecule has 1 aromatic carbocycles. The first kappa shape index (κ1) is 25.7. The molecule has 2 N–H and O–H groups in total. The molecule has 2 fully saturated rings. The zero-order valence-electron chi connectivity index (χ0n) is 21.4. The summed E-state index contributed by atoms with van der Waals surface area (Å²) < 4.78 is 5.21. The van der Waals surface area contributed by atoms with Crippen molar-refractivity contribution in [2.45, 2.75) is 25.3 Å². The number of piperidine rings is 1. The number of aromatic nitrogens is 3. The van der Waals surface area contributed by atoms with Gasteiger partial charge in [-0.3, -0.25) is 4.90 Å². The monoisotopic (exact) mass is 522 g/mol. The third-order valence-corrected chi connectivity index (χ3v) is 7.73. The zero-order valence-corrected chi connectivity index (χ0v) is 22.2. The highest BCUT2D eigenvalue weighted by Crippen LogP contribution is 2.32. The molecule has 37 heavy (non-hydrogen) atoms. The van der Waals surface area contributed by atoms with Gasteiger partial charge >= 0.3 is 0 Å². The van der Waals surface area contributed by atoms with Crippen molar-refractivity contribution >= 4 is 34.1 Å². The molecule has 5 rings (SSSR count). The Balaban J connectivity index is 1.25. The number of piperazine rings is 1. The van der Waals surface area contributed by atoms with Crippen molar-refractivity contribution in [2.75, 3.05) is 76.3 Å². The van der Waals surface area contributed by atoms with Crippen LogP contribution in [0.5, 0.6) is 0 Å². The van der Waals surface area contributed by atoms with Gasteiger partial charge < -0.3 is 24.8 Å². The number of nitrogens with zero attached hydrogens (tertiary/aromatic N) is 6. The van der Waals surface area contributed by atoms with Crippen LogP contribution in [-0.2, 0) is 4.74 Å². The topological polar surface area (TPSA) is 96.3 Å². The van der Waals surface area contributed by atoms with Crippen LogP contribution in [0, 0.1) is 11.3 Å². The Morgan fingerprint density at radius 1 is 1.08 bits per heavy atom. The molecule has 0 saturated carbocycles. The van der Waals surface area contributed by atoms with E-state index in [1.807, 2.05) is 0 Å². The van der Waals surface area contributed by atoms with Crippen LogP contribution >= 0.6 is 11.6 Å². The summed E-state index contributed by atoms with van der Waals surface area (Å²) in [6, 6.07) is 11.1. The number of hydrogen-bond acceptors (Lipinski definition) is 8. The zero-order chi connectivity index (χ0) is 25.6. The number of hydrogen-bond donors (Lipinski definition) is 2. The molecule has 3 aromatic rings. The van der Waals surface area contributed by atoms with E-state index in [4.69, 9.17) is 26.6 Å². The molecule has 9 nitrogen and oxygen atoms in total. The summed E-state index contributed by atoms with van der Waals surface area (Å²) in [5.74, 6) is 0.787. The SMILES string of the molecule is COCCN1CCN(c2ccc(-c3nc4ncc(Cl)c(NC5CCN(CCC#N)CC5)c4[nH]3)cc2)CC1. The molecule has 2 saturated heterocycles. The molecule has 0 radical (unpaired) electrons. The number of nitriles is 1. The lowest BCUT2D eigenvalue weighted by Gasteiger charge is -2.36. The third kappa shape index (κ3) is 6.16. The van der Waals surface area contributed by atoms with E-state index in [1.165, 1.54) is 5.69 Å². The van der Waals surface area contributed by atoms with Gasteiger partial charge in [0.1, 0.15) is 11.3 Å². The van der Waals surface area contributed by atoms with E-state index in [1.54, 1.807) is 13.3 Å². The number of H-pyrrole nitrogens is 1. The molecule has 0 atom stereocenters. The highest BCUT2D eigenvalue weighted by atomic mass is 35.5. The fourth-order valence-corrected chi connectivity index (χ4v) is 5.40. The van der Waals surface area contributed by atoms with Gasteiger partial charge in [-0.2, -0.15) is 5.26 Å². The molecule has 0 spiro atoms. The van der Waals surface area contributed by atoms with E-state index in [0.717, 1.165) is 94.4 Å². The number of anilines is 2. The van der Waals surface area contributed by atoms with E-state index in [0.29, 0.717) is 23.1 Å². The second-order valence-corrected chi connectivity index (χ2v) is 10.2. The van der Waals surface area contributed by atoms with Crippen LogP contribution < -0.4 is 10.2 Å². The first-order valence-corrected chi connectivity index (χ1v) is 13.5. The number of benzene rings is 1. The Morgan fingerprint density at radius 3 is 2.51 bits per heavy atom. The molecule has 10 heteroatoms. The molecule has 2 aliphatic heterocycles. The number of pyridine rings is 1. The van der Waals surface area contributed by atoms with Gasteiger partial charge in [-0.25, -0.2) is 9.97 Å². The summed E-state index contributed by atoms with van der Waals surface area (Å²) in [5.41, 5.74) is 4.61. The quantitative estimate of drug-likeness (QED) is 0.437. The summed E-state index contributed by atoms with van der Waals surface area (Å²) in [7, 11) is 1.76. The van der Waals surface area contributed by atoms with E-state index in [2.05, 4.69) is 60.3 Å². The van der Waals surface area contributed by atoms with Gasteiger partial charge in [0, 0.05) is 83.2 Å². The van der Waals surface area contributed by atoms with E-state index in [-0.39, 0.29) is 0 Å². The normalized spacial score (nSPS) is 17.8. The van der Waals surface area contributed by atoms with Crippen molar-refractivity contribution in [3.63, 3.8) is 0 Å². The largest absolute Gasteiger partial charge is 0.383 e. The van der Waals surface area contributed by atoms with Gasteiger partial charge in [0.15, 0.2) is 5.65 Å². The summed E-state index contributed by atoms with van der Waals surface area (Å²) in [6.07, 6.45) is 4.27. The highest BCUT2D eigenvalue weighted by Gasteiger charge is 2.22. The number of imidazole rings is 1. The number of rotatable bonds is 9. The second-order valence-electron chi connectivity index (χ2n) is 9.80. The lowest BCUT2D eigenvalue weighted by Crippen LogP contribution is -2.47. The number of likely N-dealkylation sites (tertiary alicyclic amines) is 1. The number of fused-ring (bicyclic) bond motifs is 1. The average molecular weight is 523 g/mol. The molecule has 2 aliphatic rings. The smallest absolute Gasteiger partial charge is 0.180 e. The maximum absolute atomic E-state index is 8.84. The molecule has 0 bridgehead atoms. The van der Waals surface area contributed by atoms with Gasteiger partial charge in [0.2, 0.25) is 0 Å². The summed E-state index contributed by atoms with van der Waals surface area (Å²) in [6.45, 7) is 8.72. The molecule has 0 aliphatic carbocycles. The van der Waals surface area contributed by atoms with E-state index in [9.17, 15) is 0 Å². The number of methoxy groups -OCH3 is 1. The van der Waals surface area contributed by atoms with Gasteiger partial charge in [-0.05, 0) is 37.1 Å². The molecule has 2 aromatic heterocycles. The fraction of sp³-hybridized carbons (Fsp3) is 0.519. The van der Waals surface area contributed by atoms with E-state index >= 15 is 0 Å². The second kappa shape index (κ2) is 12.1. The van der Waals surface area contributed by atoms with Crippen LogP contribution in [0.1, 0.15) is 19.3 Å². The maximum atomic E-state index is 8.84. The fourth-order valence-electron chi connectivity index (χ4n) is 5.20. The lowest BCUT2D eigenvalue weighted by molar-refractivity contribution is 0.144. The van der Waals surface area contributed by atoms with Crippen molar-refractivity contribution in [2.24, 2.45) is 0 Å². The summed E-state index contributed by atoms with van der Waals surface area (Å²) in [4.78, 5) is 19.9. The molecule has 4 heterocycles. The van der Waals surface area contributed by atoms with Gasteiger partial charge in [-0.1, -0.05) is 11.6 Å². The van der Waals surface area contributed by atoms with Crippen molar-refractivity contribution in [1.29, 1.82) is 5.26 Å². The van der Waals surface area contributed by atoms with E-state index < -0.39 is 0 Å². The Hall–Kier alpha value is -2.90. The molecule has 0 unspecified atom stereocenters. The number of nitrogens with one attached hydrogen (secondary N) is 2. The van der Waals surface area contributed by atoms with Crippen molar-refractivity contribution in [3.05, 3.63) is 35.5 Å². The minimum Gasteiger partial charge on any atom is -0.383 e. The highest BCUT2D eigenvalue weighted by molar-refractivity contribution is 6.34. The number of aromatic amines is 1. The molecule has 0 amide bonds. The number of ether oxygens (including phenoxy) is 1. The van der Waals surface area contributed by atoms with Crippen LogP contribution in [0.15, 0.2) is 30.5 Å². The van der Waals surface area contributed by atoms with Crippen LogP contribution in [0.2, 0.25) is 5.02 Å². The molecular formula is C27H35ClN8O. The predicted octanol–water partition coefficient (Wildman–Crippen LogP) is 3.84. The van der Waals surface area contributed by atoms with Gasteiger partial charge in [-0.15, -0.1) is 0 Å². The minimum absolute atomic E-state index is 0.322. The average Bonchev–Trinajstić information content (AvgIpc) is 3.38. The van der Waals surface area contributed by atoms with Crippen molar-refractivity contribution in [1.82, 2.24) is 24.8 Å². The summed E-state index contributed by atoms with van der Waals surface area (Å²) in [5, 5.41) is 13.1. The first-order valence-electron chi connectivity index (χ1n) is 13.1. The van der Waals surface area contributed by atoms with Crippen LogP contribution in [0.3, 0.4) is 0 Å². The van der Waals surface area contributed by atoms with Crippen molar-refractivity contribution < 1.29 is 4.74 Å². The Bertz CT molecular complexity index is 1210. The van der Waals surface area contributed by atoms with Gasteiger partial charge in [0.25, 0.3) is 0 Å². The minimum atomic E-state index is 0.322. The number of halogens is 1. The Labute approximate surface area is 223 Å². The predicted molar refractivity (Wildman–Crippen MR) is 148 cm³/mol. The van der Waals surface area contributed by atoms with Crippen LogP contribution in [0.4, 0.5) is 11.4 Å². The van der Waals surface area contributed by atoms with Crippen LogP contribution in [0.25, 0.3) is 22.6 Å². The summed E-state index contributed by atoms with van der Waals surface area (Å²) >= 11 is 6.58. The Morgan fingerprint density at radius 2 is 1.81 bits per heavy atom. The maximum Gasteiger partial charge on any atom is 0.180 e. The lowest BCUT2D eigenvalue weighted by atomic mass is 10.0. The van der Waals surface area contributed by atoms with Gasteiger partial charge in [0.05, 0.1) is 29.6 Å². The van der Waals surface area contributed by atoms with Crippen molar-refractivity contribution in [3.8, 4) is 17.5 Å². The first-order chi connectivity index (χ1) is 18.1. The Kier molecular flexibility index (Phi) is 8.41. The molecule has 196 valence electrons. The third-order valence-electron chi connectivity index (χ3n) is 7.44. The molecular weight excluding hydrogens is 488 g/mol. The standard InChI is InChI=1S/C27H35ClN8O/c1-37-18-17-35-13-15-36(16-14-35)22-5-3-20(4-6-22)26-32-25-24(23(28)19-30-27(25)33-26)31-21-7-11-34(12-8-21)10-2-9-29/h3-6,19,21H,2,7-8,10-18H2,1H3,(H2,30,31,32,33).